The summed E-state index contributed by atoms with van der Waals surface area (Å²) < 4.78 is 0. The molecule has 3 rings (SSSR count). The van der Waals surface area contributed by atoms with Crippen LogP contribution in [0, 0.1) is 0 Å². The summed E-state index contributed by atoms with van der Waals surface area (Å²) in [7, 11) is 0. The zero-order valence-electron chi connectivity index (χ0n) is 13.8. The van der Waals surface area contributed by atoms with Gasteiger partial charge in [-0.05, 0) is 36.6 Å². The third-order valence-corrected chi connectivity index (χ3v) is 4.05. The smallest absolute Gasteiger partial charge is 0.129 e. The molecule has 25 heavy (non-hydrogen) atoms. The van der Waals surface area contributed by atoms with Crippen LogP contribution in [0.3, 0.4) is 0 Å². The molecule has 2 N–H and O–H groups in total. The van der Waals surface area contributed by atoms with Crippen molar-refractivity contribution in [1.82, 2.24) is 9.97 Å². The van der Waals surface area contributed by atoms with Gasteiger partial charge in [0.25, 0.3) is 0 Å². The fourth-order valence-electron chi connectivity index (χ4n) is 2.54. The second-order valence-electron chi connectivity index (χ2n) is 5.64. The fraction of sp³-hybridized carbons (Fsp3) is 0.150. The number of allylic oxidation sites excluding steroid dienone is 1. The maximum absolute atomic E-state index is 5.95. The second kappa shape index (κ2) is 8.40. The summed E-state index contributed by atoms with van der Waals surface area (Å²) in [5.41, 5.74) is 10.3. The minimum Gasteiger partial charge on any atom is -0.404 e. The molecule has 126 valence electrons. The molecule has 2 aromatic heterocycles. The molecular formula is C20H19ClN4. The number of halogens is 1. The molecular weight excluding hydrogens is 332 g/mol. The summed E-state index contributed by atoms with van der Waals surface area (Å²) in [5.74, 6) is 0. The van der Waals surface area contributed by atoms with E-state index in [4.69, 9.17) is 17.3 Å². The summed E-state index contributed by atoms with van der Waals surface area (Å²) in [5, 5.41) is 0.444. The van der Waals surface area contributed by atoms with Crippen LogP contribution in [0.15, 0.2) is 65.9 Å². The second-order valence-corrected chi connectivity index (χ2v) is 6.03. The van der Waals surface area contributed by atoms with Crippen LogP contribution >= 0.6 is 11.6 Å². The molecule has 0 radical (unpaired) electrons. The van der Waals surface area contributed by atoms with Crippen molar-refractivity contribution in [3.63, 3.8) is 0 Å². The Hall–Kier alpha value is -2.72. The molecule has 0 saturated carbocycles. The molecule has 0 atom stereocenters. The van der Waals surface area contributed by atoms with E-state index in [0.29, 0.717) is 5.15 Å². The van der Waals surface area contributed by atoms with Crippen LogP contribution in [0.2, 0.25) is 5.15 Å². The number of rotatable bonds is 6. The van der Waals surface area contributed by atoms with E-state index in [1.165, 1.54) is 11.8 Å². The van der Waals surface area contributed by atoms with Gasteiger partial charge in [0.05, 0.1) is 11.0 Å². The third-order valence-electron chi connectivity index (χ3n) is 3.84. The first kappa shape index (κ1) is 17.1. The van der Waals surface area contributed by atoms with Crippen molar-refractivity contribution in [3.05, 3.63) is 77.2 Å². The van der Waals surface area contributed by atoms with Gasteiger partial charge >= 0.3 is 0 Å². The van der Waals surface area contributed by atoms with Gasteiger partial charge in [-0.3, -0.25) is 9.98 Å². The van der Waals surface area contributed by atoms with Crippen LogP contribution in [-0.2, 0) is 6.42 Å². The number of aromatic nitrogens is 2. The van der Waals surface area contributed by atoms with E-state index in [1.54, 1.807) is 18.5 Å². The van der Waals surface area contributed by atoms with E-state index in [-0.39, 0.29) is 0 Å². The van der Waals surface area contributed by atoms with Crippen LogP contribution in [0.1, 0.15) is 17.5 Å². The largest absolute Gasteiger partial charge is 0.404 e. The Bertz CT molecular complexity index is 904. The summed E-state index contributed by atoms with van der Waals surface area (Å²) >= 11 is 5.95. The Kier molecular flexibility index (Phi) is 5.75. The highest BCUT2D eigenvalue weighted by molar-refractivity contribution is 6.29. The van der Waals surface area contributed by atoms with Crippen molar-refractivity contribution in [2.75, 3.05) is 6.54 Å². The van der Waals surface area contributed by atoms with E-state index < -0.39 is 0 Å². The van der Waals surface area contributed by atoms with Gasteiger partial charge < -0.3 is 5.73 Å². The van der Waals surface area contributed by atoms with Crippen molar-refractivity contribution in [2.45, 2.75) is 12.8 Å². The van der Waals surface area contributed by atoms with Crippen LogP contribution in [0.5, 0.6) is 0 Å². The maximum atomic E-state index is 5.95. The molecule has 3 aromatic rings. The van der Waals surface area contributed by atoms with E-state index in [0.717, 1.165) is 41.6 Å². The molecule has 2 heterocycles. The van der Waals surface area contributed by atoms with Gasteiger partial charge in [0.15, 0.2) is 0 Å². The average molecular weight is 351 g/mol. The lowest BCUT2D eigenvalue weighted by Crippen LogP contribution is -1.95. The van der Waals surface area contributed by atoms with Crippen molar-refractivity contribution >= 4 is 34.4 Å². The van der Waals surface area contributed by atoms with Gasteiger partial charge in [0, 0.05) is 36.3 Å². The Morgan fingerprint density at radius 2 is 1.96 bits per heavy atom. The highest BCUT2D eigenvalue weighted by Crippen LogP contribution is 2.18. The number of nitrogens with two attached hydrogens (primary N) is 1. The normalized spacial score (nSPS) is 12.1. The number of pyridine rings is 2. The predicted molar refractivity (Wildman–Crippen MR) is 105 cm³/mol. The molecule has 0 aliphatic carbocycles. The average Bonchev–Trinajstić information content (AvgIpc) is 2.65. The molecule has 0 fully saturated rings. The summed E-state index contributed by atoms with van der Waals surface area (Å²) in [4.78, 5) is 13.2. The van der Waals surface area contributed by atoms with E-state index in [9.17, 15) is 0 Å². The van der Waals surface area contributed by atoms with Gasteiger partial charge in [0.1, 0.15) is 5.15 Å². The lowest BCUT2D eigenvalue weighted by atomic mass is 10.1. The maximum Gasteiger partial charge on any atom is 0.129 e. The van der Waals surface area contributed by atoms with E-state index >= 15 is 0 Å². The van der Waals surface area contributed by atoms with Crippen LogP contribution in [0.25, 0.3) is 16.6 Å². The lowest BCUT2D eigenvalue weighted by Gasteiger charge is -2.04. The molecule has 0 unspecified atom stereocenters. The zero-order valence-corrected chi connectivity index (χ0v) is 14.5. The fourth-order valence-corrected chi connectivity index (χ4v) is 2.69. The van der Waals surface area contributed by atoms with E-state index in [2.05, 4.69) is 39.2 Å². The molecule has 0 aliphatic rings. The summed E-state index contributed by atoms with van der Waals surface area (Å²) in [6.45, 7) is 0.747. The van der Waals surface area contributed by atoms with Crippen LogP contribution in [-0.4, -0.2) is 22.7 Å². The Labute approximate surface area is 152 Å². The molecule has 1 aromatic carbocycles. The van der Waals surface area contributed by atoms with Gasteiger partial charge in [-0.25, -0.2) is 4.98 Å². The SMILES string of the molecule is NC=C(C=NCCCc1ccccc1)c1cnc2ccc(Cl)nc2c1. The highest BCUT2D eigenvalue weighted by Gasteiger charge is 2.03. The van der Waals surface area contributed by atoms with Gasteiger partial charge in [-0.1, -0.05) is 41.9 Å². The van der Waals surface area contributed by atoms with Crippen LogP contribution in [0.4, 0.5) is 0 Å². The Morgan fingerprint density at radius 1 is 1.12 bits per heavy atom. The first-order chi connectivity index (χ1) is 12.3. The number of hydrogen-bond acceptors (Lipinski definition) is 4. The number of fused-ring (bicyclic) bond motifs is 1. The third kappa shape index (κ3) is 4.64. The minimum atomic E-state index is 0.444. The molecule has 0 saturated heterocycles. The van der Waals surface area contributed by atoms with Crippen molar-refractivity contribution in [3.8, 4) is 0 Å². The van der Waals surface area contributed by atoms with Crippen molar-refractivity contribution in [2.24, 2.45) is 10.7 Å². The Balaban J connectivity index is 1.64. The summed E-state index contributed by atoms with van der Waals surface area (Å²) in [6.07, 6.45) is 7.10. The highest BCUT2D eigenvalue weighted by atomic mass is 35.5. The summed E-state index contributed by atoms with van der Waals surface area (Å²) in [6, 6.07) is 15.9. The number of benzene rings is 1. The van der Waals surface area contributed by atoms with Gasteiger partial charge in [-0.15, -0.1) is 0 Å². The van der Waals surface area contributed by atoms with Gasteiger partial charge in [-0.2, -0.15) is 0 Å². The number of hydrogen-bond donors (Lipinski definition) is 1. The van der Waals surface area contributed by atoms with Crippen molar-refractivity contribution in [1.29, 1.82) is 0 Å². The van der Waals surface area contributed by atoms with Crippen LogP contribution < -0.4 is 5.73 Å². The first-order valence-corrected chi connectivity index (χ1v) is 8.52. The number of aliphatic imine (C=N–C) groups is 1. The first-order valence-electron chi connectivity index (χ1n) is 8.14. The molecule has 5 heteroatoms. The lowest BCUT2D eigenvalue weighted by molar-refractivity contribution is 0.836. The van der Waals surface area contributed by atoms with E-state index in [1.807, 2.05) is 18.2 Å². The molecule has 0 amide bonds. The standard InChI is InChI=1S/C20H19ClN4/c21-20-9-8-18-19(25-20)11-16(14-24-18)17(12-22)13-23-10-4-7-15-5-2-1-3-6-15/h1-3,5-6,8-9,11-14H,4,7,10,22H2. The molecule has 4 nitrogen and oxygen atoms in total. The number of nitrogens with zero attached hydrogens (tertiary/aromatic N) is 3. The zero-order chi connectivity index (χ0) is 17.5. The monoisotopic (exact) mass is 350 g/mol. The Morgan fingerprint density at radius 3 is 2.76 bits per heavy atom. The number of aryl methyl sites for hydroxylation is 1. The minimum absolute atomic E-state index is 0.444. The molecule has 0 bridgehead atoms. The predicted octanol–water partition coefficient (Wildman–Crippen LogP) is 4.29. The molecule has 0 aliphatic heterocycles. The topological polar surface area (TPSA) is 64.2 Å². The van der Waals surface area contributed by atoms with Crippen molar-refractivity contribution < 1.29 is 0 Å². The molecule has 0 spiro atoms. The van der Waals surface area contributed by atoms with Gasteiger partial charge in [0.2, 0.25) is 0 Å². The quantitative estimate of drug-likeness (QED) is 0.410.